The number of aliphatic imine (C=N–C) groups is 1. The first-order valence-electron chi connectivity index (χ1n) is 9.38. The Bertz CT molecular complexity index is 984. The molecule has 2 aromatic carbocycles. The minimum Gasteiger partial charge on any atom is -0.497 e. The molecule has 2 aliphatic heterocycles. The summed E-state index contributed by atoms with van der Waals surface area (Å²) >= 11 is 0. The van der Waals surface area contributed by atoms with Crippen LogP contribution in [0.2, 0.25) is 0 Å². The number of carbonyl (C=O) groups excluding carboxylic acids is 3. The van der Waals surface area contributed by atoms with Crippen LogP contribution in [-0.4, -0.2) is 43.3 Å². The molecule has 0 aromatic heterocycles. The normalized spacial score (nSPS) is 23.0. The number of imide groups is 1. The number of hydrogen-bond acceptors (Lipinski definition) is 6. The zero-order chi connectivity index (χ0) is 20.5. The predicted octanol–water partition coefficient (Wildman–Crippen LogP) is 2.24. The van der Waals surface area contributed by atoms with Crippen molar-refractivity contribution in [2.45, 2.75) is 13.0 Å². The first kappa shape index (κ1) is 18.9. The minimum absolute atomic E-state index is 0.174. The fraction of sp³-hybridized carbons (Fsp3) is 0.273. The molecule has 7 nitrogen and oxygen atoms in total. The summed E-state index contributed by atoms with van der Waals surface area (Å²) in [6, 6.07) is 14.8. The van der Waals surface area contributed by atoms with Gasteiger partial charge in [0, 0.05) is 0 Å². The van der Waals surface area contributed by atoms with E-state index in [-0.39, 0.29) is 12.5 Å². The Hall–Kier alpha value is -3.48. The highest BCUT2D eigenvalue weighted by Crippen LogP contribution is 2.41. The molecule has 1 fully saturated rings. The molecule has 0 spiro atoms. The largest absolute Gasteiger partial charge is 0.497 e. The molecule has 0 radical (unpaired) electrons. The highest BCUT2D eigenvalue weighted by atomic mass is 16.5. The number of amides is 2. The van der Waals surface area contributed by atoms with Crippen molar-refractivity contribution in [1.29, 1.82) is 0 Å². The highest BCUT2D eigenvalue weighted by molar-refractivity contribution is 6.33. The zero-order valence-electron chi connectivity index (χ0n) is 16.1. The van der Waals surface area contributed by atoms with Crippen molar-refractivity contribution in [3.8, 4) is 5.75 Å². The molecule has 0 unspecified atom stereocenters. The van der Waals surface area contributed by atoms with Crippen LogP contribution in [-0.2, 0) is 19.1 Å². The topological polar surface area (TPSA) is 85.3 Å². The van der Waals surface area contributed by atoms with E-state index in [1.807, 2.05) is 30.3 Å². The molecule has 2 aliphatic rings. The average molecular weight is 392 g/mol. The quantitative estimate of drug-likeness (QED) is 0.575. The molecule has 4 rings (SSSR count). The van der Waals surface area contributed by atoms with Crippen LogP contribution in [0.3, 0.4) is 0 Å². The molecule has 148 valence electrons. The summed E-state index contributed by atoms with van der Waals surface area (Å²) in [6.07, 6.45) is 0. The second-order valence-electron chi connectivity index (χ2n) is 6.79. The van der Waals surface area contributed by atoms with Crippen molar-refractivity contribution in [2.75, 3.05) is 18.6 Å². The second-order valence-corrected chi connectivity index (χ2v) is 6.79. The maximum atomic E-state index is 13.3. The maximum absolute atomic E-state index is 13.3. The summed E-state index contributed by atoms with van der Waals surface area (Å²) in [5, 5.41) is 0. The fourth-order valence-electron chi connectivity index (χ4n) is 3.88. The van der Waals surface area contributed by atoms with Gasteiger partial charge >= 0.3 is 5.97 Å². The van der Waals surface area contributed by atoms with Crippen LogP contribution in [0.1, 0.15) is 12.5 Å². The standard InChI is InChI=1S/C22H20N2O5/c1-3-29-22(27)19-17-16(18(23-19)13-7-5-4-6-8-13)20(25)24(21(17)26)14-9-11-15(28-2)12-10-14/h4-12,16-17,19H,3H2,1-2H3/t16-,17+,19-/m0/s1. The summed E-state index contributed by atoms with van der Waals surface area (Å²) in [5.41, 5.74) is 1.60. The Morgan fingerprint density at radius 2 is 1.72 bits per heavy atom. The molecule has 0 aliphatic carbocycles. The predicted molar refractivity (Wildman–Crippen MR) is 106 cm³/mol. The lowest BCUT2D eigenvalue weighted by atomic mass is 9.86. The van der Waals surface area contributed by atoms with E-state index in [0.717, 1.165) is 4.90 Å². The number of ether oxygens (including phenoxy) is 2. The van der Waals surface area contributed by atoms with Crippen LogP contribution in [0, 0.1) is 11.8 Å². The minimum atomic E-state index is -1.03. The number of fused-ring (bicyclic) bond motifs is 1. The molecule has 2 aromatic rings. The van der Waals surface area contributed by atoms with Crippen LogP contribution < -0.4 is 9.64 Å². The van der Waals surface area contributed by atoms with E-state index in [0.29, 0.717) is 22.7 Å². The number of benzene rings is 2. The van der Waals surface area contributed by atoms with Gasteiger partial charge in [0.25, 0.3) is 0 Å². The first-order valence-corrected chi connectivity index (χ1v) is 9.38. The maximum Gasteiger partial charge on any atom is 0.331 e. The molecule has 0 saturated carbocycles. The third-order valence-electron chi connectivity index (χ3n) is 5.19. The van der Waals surface area contributed by atoms with Crippen LogP contribution >= 0.6 is 0 Å². The zero-order valence-corrected chi connectivity index (χ0v) is 16.1. The number of esters is 1. The van der Waals surface area contributed by atoms with E-state index < -0.39 is 29.8 Å². The number of methoxy groups -OCH3 is 1. The van der Waals surface area contributed by atoms with Gasteiger partial charge in [-0.1, -0.05) is 30.3 Å². The van der Waals surface area contributed by atoms with Crippen molar-refractivity contribution >= 4 is 29.2 Å². The molecular weight excluding hydrogens is 372 g/mol. The van der Waals surface area contributed by atoms with Crippen molar-refractivity contribution < 1.29 is 23.9 Å². The number of nitrogens with zero attached hydrogens (tertiary/aromatic N) is 2. The van der Waals surface area contributed by atoms with Gasteiger partial charge in [-0.25, -0.2) is 9.69 Å². The van der Waals surface area contributed by atoms with Crippen molar-refractivity contribution in [3.05, 3.63) is 60.2 Å². The summed E-state index contributed by atoms with van der Waals surface area (Å²) < 4.78 is 10.3. The van der Waals surface area contributed by atoms with E-state index in [1.165, 1.54) is 7.11 Å². The molecule has 0 bridgehead atoms. The van der Waals surface area contributed by atoms with Crippen LogP contribution in [0.5, 0.6) is 5.75 Å². The SMILES string of the molecule is CCOC(=O)[C@H]1N=C(c2ccccc2)[C@H]2C(=O)N(c3ccc(OC)cc3)C(=O)[C@H]21. The monoisotopic (exact) mass is 392 g/mol. The molecule has 7 heteroatoms. The van der Waals surface area contributed by atoms with Gasteiger partial charge in [0.2, 0.25) is 11.8 Å². The summed E-state index contributed by atoms with van der Waals surface area (Å²) in [5.74, 6) is -2.53. The Morgan fingerprint density at radius 1 is 1.03 bits per heavy atom. The van der Waals surface area contributed by atoms with Crippen molar-refractivity contribution in [3.63, 3.8) is 0 Å². The molecule has 29 heavy (non-hydrogen) atoms. The van der Waals surface area contributed by atoms with Gasteiger partial charge in [-0.2, -0.15) is 0 Å². The lowest BCUT2D eigenvalue weighted by Gasteiger charge is -2.17. The molecule has 2 heterocycles. The van der Waals surface area contributed by atoms with Crippen molar-refractivity contribution in [1.82, 2.24) is 0 Å². The Kier molecular flexibility index (Phi) is 4.88. The molecule has 2 amide bonds. The third-order valence-corrected chi connectivity index (χ3v) is 5.19. The molecular formula is C22H20N2O5. The summed E-state index contributed by atoms with van der Waals surface area (Å²) in [7, 11) is 1.54. The molecule has 0 N–H and O–H groups in total. The number of rotatable bonds is 5. The number of anilines is 1. The van der Waals surface area contributed by atoms with Gasteiger partial charge in [-0.05, 0) is 36.8 Å². The van der Waals surface area contributed by atoms with Gasteiger partial charge in [0.05, 0.1) is 37.0 Å². The van der Waals surface area contributed by atoms with E-state index in [4.69, 9.17) is 9.47 Å². The van der Waals surface area contributed by atoms with E-state index in [9.17, 15) is 14.4 Å². The molecule has 3 atom stereocenters. The smallest absolute Gasteiger partial charge is 0.331 e. The molecule has 1 saturated heterocycles. The van der Waals surface area contributed by atoms with Gasteiger partial charge < -0.3 is 9.47 Å². The number of carbonyl (C=O) groups is 3. The van der Waals surface area contributed by atoms with Gasteiger partial charge in [0.1, 0.15) is 5.75 Å². The van der Waals surface area contributed by atoms with E-state index in [2.05, 4.69) is 4.99 Å². The summed E-state index contributed by atoms with van der Waals surface area (Å²) in [6.45, 7) is 1.87. The van der Waals surface area contributed by atoms with Gasteiger partial charge in [-0.3, -0.25) is 14.6 Å². The third kappa shape index (κ3) is 3.08. The first-order chi connectivity index (χ1) is 14.1. The summed E-state index contributed by atoms with van der Waals surface area (Å²) in [4.78, 5) is 44.7. The van der Waals surface area contributed by atoms with E-state index >= 15 is 0 Å². The fourth-order valence-corrected chi connectivity index (χ4v) is 3.88. The Balaban J connectivity index is 1.76. The van der Waals surface area contributed by atoms with Gasteiger partial charge in [-0.15, -0.1) is 0 Å². The van der Waals surface area contributed by atoms with Crippen LogP contribution in [0.25, 0.3) is 0 Å². The number of hydrogen-bond donors (Lipinski definition) is 0. The Labute approximate surface area is 167 Å². The lowest BCUT2D eigenvalue weighted by Crippen LogP contribution is -2.36. The second kappa shape index (κ2) is 7.50. The average Bonchev–Trinajstić information content (AvgIpc) is 3.26. The van der Waals surface area contributed by atoms with E-state index in [1.54, 1.807) is 31.2 Å². The van der Waals surface area contributed by atoms with Gasteiger partial charge in [0.15, 0.2) is 6.04 Å². The van der Waals surface area contributed by atoms with Crippen LogP contribution in [0.15, 0.2) is 59.6 Å². The van der Waals surface area contributed by atoms with Crippen LogP contribution in [0.4, 0.5) is 5.69 Å². The van der Waals surface area contributed by atoms with Crippen molar-refractivity contribution in [2.24, 2.45) is 16.8 Å². The lowest BCUT2D eigenvalue weighted by molar-refractivity contribution is -0.147. The highest BCUT2D eigenvalue weighted by Gasteiger charge is 2.59. The Morgan fingerprint density at radius 3 is 2.34 bits per heavy atom.